The minimum absolute atomic E-state index is 0.472. The second-order valence-corrected chi connectivity index (χ2v) is 4.77. The van der Waals surface area contributed by atoms with Crippen molar-refractivity contribution in [1.29, 1.82) is 5.26 Å². The van der Waals surface area contributed by atoms with E-state index in [2.05, 4.69) is 11.4 Å². The van der Waals surface area contributed by atoms with E-state index in [1.807, 2.05) is 19.0 Å². The Labute approximate surface area is 126 Å². The molecule has 21 heavy (non-hydrogen) atoms. The molecule has 0 aliphatic carbocycles. The standard InChI is InChI=1S/C15H23N3O3/c1-18(2)7-6-17-12(10-16)11-8-14(20-4)15(21-5)9-13(11)19-3/h8-9,12,17H,6-7H2,1-5H3. The van der Waals surface area contributed by atoms with Gasteiger partial charge in [-0.2, -0.15) is 5.26 Å². The Morgan fingerprint density at radius 3 is 2.14 bits per heavy atom. The van der Waals surface area contributed by atoms with Gasteiger partial charge in [0, 0.05) is 24.7 Å². The van der Waals surface area contributed by atoms with Crippen LogP contribution in [0.3, 0.4) is 0 Å². The molecule has 0 heterocycles. The van der Waals surface area contributed by atoms with Crippen molar-refractivity contribution < 1.29 is 14.2 Å². The number of hydrogen-bond donors (Lipinski definition) is 1. The number of methoxy groups -OCH3 is 3. The maximum atomic E-state index is 9.40. The quantitative estimate of drug-likeness (QED) is 0.782. The van der Waals surface area contributed by atoms with Gasteiger partial charge in [-0.15, -0.1) is 0 Å². The van der Waals surface area contributed by atoms with Gasteiger partial charge in [0.15, 0.2) is 11.5 Å². The normalized spacial score (nSPS) is 11.9. The molecule has 1 rings (SSSR count). The average Bonchev–Trinajstić information content (AvgIpc) is 2.50. The van der Waals surface area contributed by atoms with Crippen LogP contribution < -0.4 is 19.5 Å². The zero-order valence-electron chi connectivity index (χ0n) is 13.3. The fourth-order valence-electron chi connectivity index (χ4n) is 1.94. The second kappa shape index (κ2) is 8.35. The lowest BCUT2D eigenvalue weighted by Gasteiger charge is -2.19. The number of benzene rings is 1. The van der Waals surface area contributed by atoms with Crippen molar-refractivity contribution in [2.24, 2.45) is 0 Å². The predicted molar refractivity (Wildman–Crippen MR) is 81.0 cm³/mol. The molecule has 1 atom stereocenters. The maximum absolute atomic E-state index is 9.40. The molecule has 0 spiro atoms. The third-order valence-corrected chi connectivity index (χ3v) is 3.08. The maximum Gasteiger partial charge on any atom is 0.164 e. The highest BCUT2D eigenvalue weighted by molar-refractivity contribution is 5.52. The van der Waals surface area contributed by atoms with Crippen LogP contribution in [0.25, 0.3) is 0 Å². The van der Waals surface area contributed by atoms with Crippen LogP contribution in [0.2, 0.25) is 0 Å². The Hall–Kier alpha value is -1.97. The van der Waals surface area contributed by atoms with Gasteiger partial charge in [-0.1, -0.05) is 0 Å². The lowest BCUT2D eigenvalue weighted by molar-refractivity contribution is 0.345. The van der Waals surface area contributed by atoms with Crippen molar-refractivity contribution in [2.45, 2.75) is 6.04 Å². The number of likely N-dealkylation sites (N-methyl/N-ethyl adjacent to an activating group) is 1. The number of rotatable bonds is 8. The lowest BCUT2D eigenvalue weighted by atomic mass is 10.1. The molecule has 6 heteroatoms. The SMILES string of the molecule is COc1cc(OC)c(C(C#N)NCCN(C)C)cc1OC. The fourth-order valence-corrected chi connectivity index (χ4v) is 1.94. The van der Waals surface area contributed by atoms with E-state index < -0.39 is 6.04 Å². The number of nitrogens with one attached hydrogen (secondary N) is 1. The van der Waals surface area contributed by atoms with Gasteiger partial charge in [0.05, 0.1) is 27.4 Å². The van der Waals surface area contributed by atoms with Gasteiger partial charge >= 0.3 is 0 Å². The Bertz CT molecular complexity index is 498. The Morgan fingerprint density at radius 1 is 1.10 bits per heavy atom. The minimum Gasteiger partial charge on any atom is -0.496 e. The number of nitrogens with zero attached hydrogens (tertiary/aromatic N) is 2. The molecule has 0 aliphatic heterocycles. The zero-order chi connectivity index (χ0) is 15.8. The molecule has 0 bridgehead atoms. The average molecular weight is 293 g/mol. The van der Waals surface area contributed by atoms with Crippen LogP contribution in [0, 0.1) is 11.3 Å². The molecule has 0 fully saturated rings. The first-order valence-corrected chi connectivity index (χ1v) is 6.65. The van der Waals surface area contributed by atoms with Gasteiger partial charge in [0.1, 0.15) is 11.8 Å². The van der Waals surface area contributed by atoms with Crippen LogP contribution in [-0.4, -0.2) is 53.4 Å². The Balaban J connectivity index is 3.04. The Kier molecular flexibility index (Phi) is 6.79. The molecule has 0 aromatic heterocycles. The van der Waals surface area contributed by atoms with Crippen LogP contribution in [-0.2, 0) is 0 Å². The first-order chi connectivity index (χ1) is 10.1. The van der Waals surface area contributed by atoms with Gasteiger partial charge in [-0.25, -0.2) is 0 Å². The van der Waals surface area contributed by atoms with Crippen LogP contribution in [0.4, 0.5) is 0 Å². The van der Waals surface area contributed by atoms with Gasteiger partial charge in [-0.05, 0) is 20.2 Å². The van der Waals surface area contributed by atoms with E-state index in [4.69, 9.17) is 14.2 Å². The molecule has 0 saturated heterocycles. The lowest BCUT2D eigenvalue weighted by Crippen LogP contribution is -2.29. The molecule has 1 N–H and O–H groups in total. The van der Waals surface area contributed by atoms with Gasteiger partial charge in [0.2, 0.25) is 0 Å². The molecule has 6 nitrogen and oxygen atoms in total. The van der Waals surface area contributed by atoms with E-state index in [0.29, 0.717) is 23.8 Å². The van der Waals surface area contributed by atoms with E-state index >= 15 is 0 Å². The molecular weight excluding hydrogens is 270 g/mol. The van der Waals surface area contributed by atoms with Crippen LogP contribution >= 0.6 is 0 Å². The minimum atomic E-state index is -0.472. The summed E-state index contributed by atoms with van der Waals surface area (Å²) in [5.74, 6) is 1.74. The summed E-state index contributed by atoms with van der Waals surface area (Å²) in [7, 11) is 8.67. The van der Waals surface area contributed by atoms with Crippen molar-refractivity contribution in [3.05, 3.63) is 17.7 Å². The summed E-state index contributed by atoms with van der Waals surface area (Å²) in [4.78, 5) is 2.05. The van der Waals surface area contributed by atoms with Crippen molar-refractivity contribution in [3.8, 4) is 23.3 Å². The molecule has 116 valence electrons. The van der Waals surface area contributed by atoms with Crippen molar-refractivity contribution >= 4 is 0 Å². The fraction of sp³-hybridized carbons (Fsp3) is 0.533. The van der Waals surface area contributed by atoms with E-state index in [-0.39, 0.29) is 0 Å². The van der Waals surface area contributed by atoms with E-state index in [1.54, 1.807) is 33.5 Å². The summed E-state index contributed by atoms with van der Waals surface area (Å²) in [5, 5.41) is 12.6. The summed E-state index contributed by atoms with van der Waals surface area (Å²) in [5.41, 5.74) is 0.733. The number of nitriles is 1. The first-order valence-electron chi connectivity index (χ1n) is 6.65. The van der Waals surface area contributed by atoms with Gasteiger partial charge < -0.3 is 19.1 Å². The monoisotopic (exact) mass is 293 g/mol. The largest absolute Gasteiger partial charge is 0.496 e. The van der Waals surface area contributed by atoms with E-state index in [1.165, 1.54) is 0 Å². The van der Waals surface area contributed by atoms with E-state index in [0.717, 1.165) is 12.1 Å². The molecule has 0 aliphatic rings. The van der Waals surface area contributed by atoms with Crippen molar-refractivity contribution in [2.75, 3.05) is 48.5 Å². The highest BCUT2D eigenvalue weighted by atomic mass is 16.5. The van der Waals surface area contributed by atoms with Crippen LogP contribution in [0.15, 0.2) is 12.1 Å². The van der Waals surface area contributed by atoms with E-state index in [9.17, 15) is 5.26 Å². The molecule has 0 radical (unpaired) electrons. The highest BCUT2D eigenvalue weighted by Crippen LogP contribution is 2.37. The third kappa shape index (κ3) is 4.52. The van der Waals surface area contributed by atoms with Gasteiger partial charge in [0.25, 0.3) is 0 Å². The molecule has 1 unspecified atom stereocenters. The first kappa shape index (κ1) is 17.1. The predicted octanol–water partition coefficient (Wildman–Crippen LogP) is 1.43. The number of hydrogen-bond acceptors (Lipinski definition) is 6. The second-order valence-electron chi connectivity index (χ2n) is 4.77. The number of ether oxygens (including phenoxy) is 3. The smallest absolute Gasteiger partial charge is 0.164 e. The third-order valence-electron chi connectivity index (χ3n) is 3.08. The zero-order valence-corrected chi connectivity index (χ0v) is 13.3. The molecule has 1 aromatic carbocycles. The molecule has 0 saturated carbocycles. The van der Waals surface area contributed by atoms with Gasteiger partial charge in [-0.3, -0.25) is 5.32 Å². The van der Waals surface area contributed by atoms with Crippen LogP contribution in [0.1, 0.15) is 11.6 Å². The molecule has 1 aromatic rings. The summed E-state index contributed by atoms with van der Waals surface area (Å²) < 4.78 is 15.9. The summed E-state index contributed by atoms with van der Waals surface area (Å²) in [6.07, 6.45) is 0. The Morgan fingerprint density at radius 2 is 1.67 bits per heavy atom. The summed E-state index contributed by atoms with van der Waals surface area (Å²) in [6.45, 7) is 1.54. The summed E-state index contributed by atoms with van der Waals surface area (Å²) >= 11 is 0. The molecular formula is C15H23N3O3. The summed E-state index contributed by atoms with van der Waals surface area (Å²) in [6, 6.07) is 5.28. The van der Waals surface area contributed by atoms with Crippen LogP contribution in [0.5, 0.6) is 17.2 Å². The van der Waals surface area contributed by atoms with Crippen molar-refractivity contribution in [1.82, 2.24) is 10.2 Å². The topological polar surface area (TPSA) is 66.8 Å². The van der Waals surface area contributed by atoms with Crippen molar-refractivity contribution in [3.63, 3.8) is 0 Å². The molecule has 0 amide bonds. The highest BCUT2D eigenvalue weighted by Gasteiger charge is 2.19.